The molecule has 0 radical (unpaired) electrons. The lowest BCUT2D eigenvalue weighted by Gasteiger charge is -2.41. The summed E-state index contributed by atoms with van der Waals surface area (Å²) in [7, 11) is 1.67. The summed E-state index contributed by atoms with van der Waals surface area (Å²) in [6, 6.07) is 0. The summed E-state index contributed by atoms with van der Waals surface area (Å²) in [5, 5.41) is 0.0848. The van der Waals surface area contributed by atoms with Gasteiger partial charge >= 0.3 is 0 Å². The van der Waals surface area contributed by atoms with Crippen molar-refractivity contribution in [3.05, 3.63) is 0 Å². The minimum atomic E-state index is 0.0293. The van der Waals surface area contributed by atoms with Crippen LogP contribution in [0, 0.1) is 5.92 Å². The van der Waals surface area contributed by atoms with E-state index in [2.05, 4.69) is 0 Å². The van der Waals surface area contributed by atoms with E-state index in [4.69, 9.17) is 30.5 Å². The second-order valence-corrected chi connectivity index (χ2v) is 5.57. The van der Waals surface area contributed by atoms with Crippen LogP contribution < -0.4 is 0 Å². The SMILES string of the molecule is COCCOC1C(Cl)CC1OCC1CCOCC1. The molecule has 1 aliphatic carbocycles. The van der Waals surface area contributed by atoms with Crippen LogP contribution in [0.1, 0.15) is 19.3 Å². The van der Waals surface area contributed by atoms with E-state index in [1.165, 1.54) is 0 Å². The van der Waals surface area contributed by atoms with Crippen molar-refractivity contribution in [2.24, 2.45) is 5.92 Å². The fourth-order valence-electron chi connectivity index (χ4n) is 2.34. The summed E-state index contributed by atoms with van der Waals surface area (Å²) in [5.41, 5.74) is 0. The molecule has 0 aromatic heterocycles. The molecule has 0 spiro atoms. The van der Waals surface area contributed by atoms with Crippen LogP contribution in [-0.2, 0) is 18.9 Å². The highest BCUT2D eigenvalue weighted by atomic mass is 35.5. The lowest BCUT2D eigenvalue weighted by atomic mass is 9.90. The number of alkyl halides is 1. The van der Waals surface area contributed by atoms with Gasteiger partial charge in [0.1, 0.15) is 6.10 Å². The number of hydrogen-bond donors (Lipinski definition) is 0. The normalized spacial score (nSPS) is 33.3. The van der Waals surface area contributed by atoms with E-state index in [1.54, 1.807) is 7.11 Å². The van der Waals surface area contributed by atoms with Gasteiger partial charge in [-0.2, -0.15) is 0 Å². The van der Waals surface area contributed by atoms with Gasteiger partial charge in [0.25, 0.3) is 0 Å². The molecule has 0 bridgehead atoms. The lowest BCUT2D eigenvalue weighted by Crippen LogP contribution is -2.51. The first-order chi connectivity index (χ1) is 8.81. The zero-order valence-corrected chi connectivity index (χ0v) is 11.7. The molecule has 3 unspecified atom stereocenters. The zero-order chi connectivity index (χ0) is 12.8. The third-order valence-electron chi connectivity index (χ3n) is 3.67. The third-order valence-corrected chi connectivity index (χ3v) is 4.09. The molecular weight excluding hydrogens is 256 g/mol. The molecule has 2 rings (SSSR count). The van der Waals surface area contributed by atoms with Gasteiger partial charge in [-0.15, -0.1) is 11.6 Å². The predicted octanol–water partition coefficient (Wildman–Crippen LogP) is 1.84. The summed E-state index contributed by atoms with van der Waals surface area (Å²) < 4.78 is 21.9. The Morgan fingerprint density at radius 1 is 1.17 bits per heavy atom. The van der Waals surface area contributed by atoms with E-state index in [0.717, 1.165) is 39.1 Å². The van der Waals surface area contributed by atoms with Gasteiger partial charge in [0.15, 0.2) is 0 Å². The highest BCUT2D eigenvalue weighted by Crippen LogP contribution is 2.32. The number of ether oxygens (including phenoxy) is 4. The lowest BCUT2D eigenvalue weighted by molar-refractivity contribution is -0.139. The highest BCUT2D eigenvalue weighted by molar-refractivity contribution is 6.21. The quantitative estimate of drug-likeness (QED) is 0.526. The average molecular weight is 279 g/mol. The number of hydrogen-bond acceptors (Lipinski definition) is 4. The Hall–Kier alpha value is 0.130. The van der Waals surface area contributed by atoms with Gasteiger partial charge in [0.05, 0.1) is 31.3 Å². The van der Waals surface area contributed by atoms with Gasteiger partial charge in [-0.3, -0.25) is 0 Å². The van der Waals surface area contributed by atoms with Gasteiger partial charge in [-0.1, -0.05) is 0 Å². The van der Waals surface area contributed by atoms with Gasteiger partial charge in [0.2, 0.25) is 0 Å². The number of halogens is 1. The largest absolute Gasteiger partial charge is 0.382 e. The van der Waals surface area contributed by atoms with E-state index >= 15 is 0 Å². The van der Waals surface area contributed by atoms with E-state index in [1.807, 2.05) is 0 Å². The van der Waals surface area contributed by atoms with Gasteiger partial charge in [-0.25, -0.2) is 0 Å². The molecule has 1 heterocycles. The Morgan fingerprint density at radius 3 is 2.61 bits per heavy atom. The Labute approximate surface area is 114 Å². The van der Waals surface area contributed by atoms with Crippen molar-refractivity contribution < 1.29 is 18.9 Å². The molecule has 1 saturated heterocycles. The van der Waals surface area contributed by atoms with Gasteiger partial charge in [-0.05, 0) is 25.2 Å². The topological polar surface area (TPSA) is 36.9 Å². The molecular formula is C13H23ClO4. The van der Waals surface area contributed by atoms with E-state index in [0.29, 0.717) is 19.1 Å². The van der Waals surface area contributed by atoms with Crippen molar-refractivity contribution in [1.82, 2.24) is 0 Å². The first kappa shape index (κ1) is 14.5. The Bertz CT molecular complexity index is 233. The van der Waals surface area contributed by atoms with Crippen molar-refractivity contribution >= 4 is 11.6 Å². The molecule has 2 fully saturated rings. The van der Waals surface area contributed by atoms with Crippen LogP contribution >= 0.6 is 11.6 Å². The van der Waals surface area contributed by atoms with Gasteiger partial charge < -0.3 is 18.9 Å². The molecule has 5 heteroatoms. The van der Waals surface area contributed by atoms with Crippen LogP contribution in [0.4, 0.5) is 0 Å². The summed E-state index contributed by atoms with van der Waals surface area (Å²) in [5.74, 6) is 0.632. The van der Waals surface area contributed by atoms with Crippen molar-refractivity contribution in [3.8, 4) is 0 Å². The molecule has 0 N–H and O–H groups in total. The minimum absolute atomic E-state index is 0.0293. The molecule has 0 amide bonds. The molecule has 3 atom stereocenters. The molecule has 1 aliphatic heterocycles. The maximum atomic E-state index is 6.14. The second-order valence-electron chi connectivity index (χ2n) is 5.01. The summed E-state index contributed by atoms with van der Waals surface area (Å²) in [6.45, 7) is 3.73. The third kappa shape index (κ3) is 4.07. The van der Waals surface area contributed by atoms with Crippen molar-refractivity contribution in [2.45, 2.75) is 36.8 Å². The maximum Gasteiger partial charge on any atom is 0.100 e. The van der Waals surface area contributed by atoms with Crippen LogP contribution in [-0.4, -0.2) is 57.7 Å². The molecule has 1 saturated carbocycles. The predicted molar refractivity (Wildman–Crippen MR) is 69.2 cm³/mol. The Balaban J connectivity index is 1.62. The number of methoxy groups -OCH3 is 1. The molecule has 0 aromatic rings. The standard InChI is InChI=1S/C13H23ClO4/c1-15-6-7-17-13-11(14)8-12(13)18-9-10-2-4-16-5-3-10/h10-13H,2-9H2,1H3. The second kappa shape index (κ2) is 7.65. The summed E-state index contributed by atoms with van der Waals surface area (Å²) in [6.07, 6.45) is 3.29. The van der Waals surface area contributed by atoms with Crippen LogP contribution in [0.25, 0.3) is 0 Å². The van der Waals surface area contributed by atoms with Crippen LogP contribution in [0.15, 0.2) is 0 Å². The highest BCUT2D eigenvalue weighted by Gasteiger charge is 2.42. The summed E-state index contributed by atoms with van der Waals surface area (Å²) in [4.78, 5) is 0. The average Bonchev–Trinajstić information content (AvgIpc) is 2.40. The maximum absolute atomic E-state index is 6.14. The molecule has 18 heavy (non-hydrogen) atoms. The van der Waals surface area contributed by atoms with Crippen LogP contribution in [0.2, 0.25) is 0 Å². The molecule has 106 valence electrons. The fraction of sp³-hybridized carbons (Fsp3) is 1.00. The minimum Gasteiger partial charge on any atom is -0.382 e. The molecule has 2 aliphatic rings. The molecule has 4 nitrogen and oxygen atoms in total. The zero-order valence-electron chi connectivity index (χ0n) is 11.0. The van der Waals surface area contributed by atoms with Crippen molar-refractivity contribution in [2.75, 3.05) is 40.1 Å². The van der Waals surface area contributed by atoms with E-state index < -0.39 is 0 Å². The van der Waals surface area contributed by atoms with Crippen LogP contribution in [0.3, 0.4) is 0 Å². The smallest absolute Gasteiger partial charge is 0.100 e. The van der Waals surface area contributed by atoms with E-state index in [9.17, 15) is 0 Å². The van der Waals surface area contributed by atoms with E-state index in [-0.39, 0.29) is 17.6 Å². The first-order valence-electron chi connectivity index (χ1n) is 6.75. The van der Waals surface area contributed by atoms with Crippen molar-refractivity contribution in [1.29, 1.82) is 0 Å². The first-order valence-corrected chi connectivity index (χ1v) is 7.19. The van der Waals surface area contributed by atoms with Crippen LogP contribution in [0.5, 0.6) is 0 Å². The number of rotatable bonds is 7. The van der Waals surface area contributed by atoms with Gasteiger partial charge in [0, 0.05) is 20.3 Å². The monoisotopic (exact) mass is 278 g/mol. The summed E-state index contributed by atoms with van der Waals surface area (Å²) >= 11 is 6.14. The molecule has 0 aromatic carbocycles. The fourth-order valence-corrected chi connectivity index (χ4v) is 2.75. The Morgan fingerprint density at radius 2 is 1.94 bits per heavy atom. The van der Waals surface area contributed by atoms with Crippen molar-refractivity contribution in [3.63, 3.8) is 0 Å². The Kier molecular flexibility index (Phi) is 6.18.